The molecule has 0 bridgehead atoms. The Hall–Kier alpha value is -1.55. The minimum atomic E-state index is 0. The van der Waals surface area contributed by atoms with E-state index in [2.05, 4.69) is 41.3 Å². The fraction of sp³-hybridized carbons (Fsp3) is 0.333. The van der Waals surface area contributed by atoms with Gasteiger partial charge in [0.25, 0.3) is 0 Å². The Morgan fingerprint density at radius 3 is 2.18 bits per heavy atom. The summed E-state index contributed by atoms with van der Waals surface area (Å²) in [5, 5.41) is 0. The Labute approximate surface area is 138 Å². The second kappa shape index (κ2) is 8.79. The molecule has 0 aromatic heterocycles. The number of ether oxygens (including phenoxy) is 2. The van der Waals surface area contributed by atoms with Gasteiger partial charge >= 0.3 is 0 Å². The number of hydrogen-bond donors (Lipinski definition) is 0. The van der Waals surface area contributed by atoms with E-state index in [0.717, 1.165) is 45.2 Å². The van der Waals surface area contributed by atoms with Crippen LogP contribution >= 0.6 is 0 Å². The van der Waals surface area contributed by atoms with E-state index in [-0.39, 0.29) is 12.4 Å². The minimum absolute atomic E-state index is 0. The van der Waals surface area contributed by atoms with E-state index >= 15 is 0 Å². The summed E-state index contributed by atoms with van der Waals surface area (Å²) < 4.78 is 11.2. The molecule has 1 aliphatic rings. The highest BCUT2D eigenvalue weighted by molar-refractivity contribution is 5.63. The fourth-order valence-electron chi connectivity index (χ4n) is 2.49. The first-order valence-corrected chi connectivity index (χ1v) is 7.50. The molecule has 4 heteroatoms. The van der Waals surface area contributed by atoms with Crippen LogP contribution < -0.4 is 17.1 Å². The minimum Gasteiger partial charge on any atom is -1.00 e. The first-order valence-electron chi connectivity index (χ1n) is 7.50. The van der Waals surface area contributed by atoms with Gasteiger partial charge < -0.3 is 21.9 Å². The number of halogens is 1. The van der Waals surface area contributed by atoms with E-state index < -0.39 is 0 Å². The van der Waals surface area contributed by atoms with E-state index in [1.54, 1.807) is 0 Å². The monoisotopic (exact) mass is 318 g/mol. The van der Waals surface area contributed by atoms with Crippen molar-refractivity contribution in [2.75, 3.05) is 39.5 Å². The van der Waals surface area contributed by atoms with Crippen LogP contribution in [0.15, 0.2) is 54.6 Å². The van der Waals surface area contributed by atoms with Gasteiger partial charge in [-0.3, -0.25) is 4.90 Å². The molecule has 22 heavy (non-hydrogen) atoms. The van der Waals surface area contributed by atoms with Gasteiger partial charge in [0.2, 0.25) is 0 Å². The van der Waals surface area contributed by atoms with Crippen LogP contribution in [0.25, 0.3) is 11.1 Å². The zero-order chi connectivity index (χ0) is 14.3. The Morgan fingerprint density at radius 2 is 1.50 bits per heavy atom. The predicted octanol–water partition coefficient (Wildman–Crippen LogP) is 0.0686. The number of morpholine rings is 1. The van der Waals surface area contributed by atoms with E-state index in [9.17, 15) is 0 Å². The van der Waals surface area contributed by atoms with E-state index in [1.807, 2.05) is 18.2 Å². The van der Waals surface area contributed by atoms with Crippen molar-refractivity contribution in [2.45, 2.75) is 0 Å². The molecule has 0 atom stereocenters. The largest absolute Gasteiger partial charge is 1.00 e. The summed E-state index contributed by atoms with van der Waals surface area (Å²) in [6.45, 7) is 5.39. The molecule has 1 heterocycles. The van der Waals surface area contributed by atoms with Crippen LogP contribution in [-0.2, 0) is 4.74 Å². The van der Waals surface area contributed by atoms with Gasteiger partial charge in [-0.1, -0.05) is 42.5 Å². The van der Waals surface area contributed by atoms with E-state index in [1.165, 1.54) is 11.1 Å². The molecule has 3 rings (SSSR count). The number of benzene rings is 2. The van der Waals surface area contributed by atoms with Gasteiger partial charge in [-0.15, -0.1) is 0 Å². The zero-order valence-corrected chi connectivity index (χ0v) is 13.3. The molecule has 0 aliphatic carbocycles. The quantitative estimate of drug-likeness (QED) is 0.779. The lowest BCUT2D eigenvalue weighted by molar-refractivity contribution is -0.00000721. The maximum Gasteiger partial charge on any atom is 0.119 e. The van der Waals surface area contributed by atoms with Crippen molar-refractivity contribution >= 4 is 0 Å². The molecule has 2 aromatic carbocycles. The molecule has 1 fully saturated rings. The maximum absolute atomic E-state index is 5.82. The van der Waals surface area contributed by atoms with Gasteiger partial charge in [0.1, 0.15) is 12.4 Å². The summed E-state index contributed by atoms with van der Waals surface area (Å²) in [7, 11) is 0. The van der Waals surface area contributed by atoms with Crippen molar-refractivity contribution in [1.29, 1.82) is 0 Å². The standard InChI is InChI=1S/C18H21NO2.ClH/c1-2-4-16(5-3-1)17-6-8-18(9-7-17)21-15-12-19-10-13-20-14-11-19;/h1-9H,10-15H2;1H/p-1. The molecule has 0 saturated carbocycles. The van der Waals surface area contributed by atoms with Crippen LogP contribution in [0.5, 0.6) is 5.75 Å². The Morgan fingerprint density at radius 1 is 0.864 bits per heavy atom. The van der Waals surface area contributed by atoms with Gasteiger partial charge in [-0.25, -0.2) is 0 Å². The Bertz CT molecular complexity index is 539. The number of rotatable bonds is 5. The van der Waals surface area contributed by atoms with E-state index in [4.69, 9.17) is 9.47 Å². The summed E-state index contributed by atoms with van der Waals surface area (Å²) in [6.07, 6.45) is 0. The van der Waals surface area contributed by atoms with Gasteiger partial charge in [-0.05, 0) is 23.3 Å². The van der Waals surface area contributed by atoms with Crippen LogP contribution in [-0.4, -0.2) is 44.4 Å². The number of hydrogen-bond acceptors (Lipinski definition) is 3. The summed E-state index contributed by atoms with van der Waals surface area (Å²) in [6, 6.07) is 18.7. The van der Waals surface area contributed by atoms with Crippen molar-refractivity contribution in [3.8, 4) is 16.9 Å². The van der Waals surface area contributed by atoms with Crippen molar-refractivity contribution in [3.63, 3.8) is 0 Å². The summed E-state index contributed by atoms with van der Waals surface area (Å²) in [5.74, 6) is 0.933. The first-order chi connectivity index (χ1) is 10.4. The molecule has 0 unspecified atom stereocenters. The third kappa shape index (κ3) is 4.73. The predicted molar refractivity (Wildman–Crippen MR) is 84.6 cm³/mol. The highest BCUT2D eigenvalue weighted by Crippen LogP contribution is 2.21. The van der Waals surface area contributed by atoms with Crippen molar-refractivity contribution in [1.82, 2.24) is 4.90 Å². The fourth-order valence-corrected chi connectivity index (χ4v) is 2.49. The molecule has 118 valence electrons. The van der Waals surface area contributed by atoms with Crippen molar-refractivity contribution in [2.24, 2.45) is 0 Å². The van der Waals surface area contributed by atoms with Crippen LogP contribution in [0.3, 0.4) is 0 Å². The molecule has 1 aliphatic heterocycles. The van der Waals surface area contributed by atoms with Crippen molar-refractivity contribution in [3.05, 3.63) is 54.6 Å². The number of nitrogens with zero attached hydrogens (tertiary/aromatic N) is 1. The smallest absolute Gasteiger partial charge is 0.119 e. The molecular weight excluding hydrogens is 298 g/mol. The zero-order valence-electron chi connectivity index (χ0n) is 12.6. The molecular formula is C18H21ClNO2-. The normalized spacial score (nSPS) is 15.1. The van der Waals surface area contributed by atoms with Gasteiger partial charge in [0.05, 0.1) is 13.2 Å². The molecule has 0 radical (unpaired) electrons. The van der Waals surface area contributed by atoms with Crippen LogP contribution in [0.1, 0.15) is 0 Å². The van der Waals surface area contributed by atoms with Crippen molar-refractivity contribution < 1.29 is 21.9 Å². The van der Waals surface area contributed by atoms with Crippen LogP contribution in [0.2, 0.25) is 0 Å². The average Bonchev–Trinajstić information content (AvgIpc) is 2.57. The Kier molecular flexibility index (Phi) is 6.72. The lowest BCUT2D eigenvalue weighted by atomic mass is 10.1. The lowest BCUT2D eigenvalue weighted by Gasteiger charge is -2.26. The molecule has 2 aromatic rings. The molecule has 0 spiro atoms. The molecule has 3 nitrogen and oxygen atoms in total. The maximum atomic E-state index is 5.82. The molecule has 1 saturated heterocycles. The SMILES string of the molecule is [Cl-].c1ccc(-c2ccc(OCCN3CCOCC3)cc2)cc1. The van der Waals surface area contributed by atoms with Gasteiger partial charge in [0, 0.05) is 19.6 Å². The van der Waals surface area contributed by atoms with Crippen LogP contribution in [0.4, 0.5) is 0 Å². The topological polar surface area (TPSA) is 21.7 Å². The second-order valence-electron chi connectivity index (χ2n) is 5.19. The second-order valence-corrected chi connectivity index (χ2v) is 5.19. The lowest BCUT2D eigenvalue weighted by Crippen LogP contribution is -3.00. The van der Waals surface area contributed by atoms with Gasteiger partial charge in [0.15, 0.2) is 0 Å². The third-order valence-electron chi connectivity index (χ3n) is 3.74. The first kappa shape index (κ1) is 16.8. The average molecular weight is 319 g/mol. The third-order valence-corrected chi connectivity index (χ3v) is 3.74. The summed E-state index contributed by atoms with van der Waals surface area (Å²) >= 11 is 0. The summed E-state index contributed by atoms with van der Waals surface area (Å²) in [5.41, 5.74) is 2.45. The van der Waals surface area contributed by atoms with Gasteiger partial charge in [-0.2, -0.15) is 0 Å². The summed E-state index contributed by atoms with van der Waals surface area (Å²) in [4.78, 5) is 2.38. The Balaban J connectivity index is 0.00000176. The highest BCUT2D eigenvalue weighted by atomic mass is 35.5. The highest BCUT2D eigenvalue weighted by Gasteiger charge is 2.09. The van der Waals surface area contributed by atoms with E-state index in [0.29, 0.717) is 0 Å². The molecule has 0 N–H and O–H groups in total. The van der Waals surface area contributed by atoms with Crippen LogP contribution in [0, 0.1) is 0 Å². The molecule has 0 amide bonds.